The monoisotopic (exact) mass is 252 g/mol. The van der Waals surface area contributed by atoms with Crippen molar-refractivity contribution in [3.05, 3.63) is 65.6 Å². The lowest BCUT2D eigenvalue weighted by Gasteiger charge is -2.04. The zero-order valence-electron chi connectivity index (χ0n) is 9.92. The Morgan fingerprint density at radius 3 is 2.79 bits per heavy atom. The number of fused-ring (bicyclic) bond motifs is 1. The summed E-state index contributed by atoms with van der Waals surface area (Å²) in [7, 11) is 0. The summed E-state index contributed by atoms with van der Waals surface area (Å²) in [4.78, 5) is 8.50. The van der Waals surface area contributed by atoms with Crippen molar-refractivity contribution in [2.75, 3.05) is 0 Å². The first-order valence-corrected chi connectivity index (χ1v) is 5.73. The molecule has 0 fully saturated rings. The van der Waals surface area contributed by atoms with Gasteiger partial charge < -0.3 is 4.40 Å². The first-order valence-electron chi connectivity index (χ1n) is 5.73. The summed E-state index contributed by atoms with van der Waals surface area (Å²) in [5, 5.41) is 8.97. The van der Waals surface area contributed by atoms with Crippen LogP contribution >= 0.6 is 0 Å². The highest BCUT2D eigenvalue weighted by atomic mass is 19.1. The Hall–Kier alpha value is -2.74. The molecule has 0 spiro atoms. The van der Waals surface area contributed by atoms with Crippen molar-refractivity contribution in [3.8, 4) is 6.07 Å². The van der Waals surface area contributed by atoms with E-state index in [1.165, 1.54) is 12.1 Å². The minimum atomic E-state index is -0.270. The summed E-state index contributed by atoms with van der Waals surface area (Å²) < 4.78 is 14.6. The van der Waals surface area contributed by atoms with Crippen LogP contribution in [0.3, 0.4) is 0 Å². The second kappa shape index (κ2) is 4.50. The van der Waals surface area contributed by atoms with E-state index in [4.69, 9.17) is 5.26 Å². The molecule has 3 rings (SSSR count). The van der Waals surface area contributed by atoms with Crippen LogP contribution in [0.25, 0.3) is 5.65 Å². The van der Waals surface area contributed by atoms with Crippen molar-refractivity contribution in [1.29, 1.82) is 5.26 Å². The summed E-state index contributed by atoms with van der Waals surface area (Å²) in [6.45, 7) is 0. The molecule has 2 aromatic heterocycles. The normalized spacial score (nSPS) is 10.5. The van der Waals surface area contributed by atoms with Crippen molar-refractivity contribution >= 4 is 5.65 Å². The van der Waals surface area contributed by atoms with Crippen LogP contribution in [0.15, 0.2) is 42.9 Å². The van der Waals surface area contributed by atoms with Gasteiger partial charge in [-0.25, -0.2) is 14.4 Å². The Bertz CT molecular complexity index is 768. The molecule has 5 heteroatoms. The lowest BCUT2D eigenvalue weighted by Crippen LogP contribution is -2.00. The zero-order chi connectivity index (χ0) is 13.2. The van der Waals surface area contributed by atoms with Crippen molar-refractivity contribution in [1.82, 2.24) is 14.4 Å². The molecule has 0 aliphatic rings. The number of aromatic nitrogens is 3. The molecule has 0 unspecified atom stereocenters. The van der Waals surface area contributed by atoms with Crippen molar-refractivity contribution in [2.45, 2.75) is 6.42 Å². The van der Waals surface area contributed by atoms with Crippen LogP contribution in [-0.2, 0) is 6.42 Å². The molecule has 4 nitrogen and oxygen atoms in total. The van der Waals surface area contributed by atoms with Crippen LogP contribution in [0, 0.1) is 17.1 Å². The lowest BCUT2D eigenvalue weighted by atomic mass is 10.1. The fourth-order valence-corrected chi connectivity index (χ4v) is 1.96. The van der Waals surface area contributed by atoms with Gasteiger partial charge in [0.15, 0.2) is 11.3 Å². The van der Waals surface area contributed by atoms with Gasteiger partial charge in [-0.1, -0.05) is 12.1 Å². The first-order chi connectivity index (χ1) is 9.26. The largest absolute Gasteiger partial charge is 0.303 e. The molecule has 3 aromatic rings. The van der Waals surface area contributed by atoms with Gasteiger partial charge in [0.2, 0.25) is 0 Å². The Morgan fingerprint density at radius 1 is 1.26 bits per heavy atom. The van der Waals surface area contributed by atoms with E-state index in [1.807, 2.05) is 6.07 Å². The molecule has 0 saturated heterocycles. The molecule has 0 aliphatic heterocycles. The summed E-state index contributed by atoms with van der Waals surface area (Å²) >= 11 is 0. The molecular formula is C14H9FN4. The van der Waals surface area contributed by atoms with Gasteiger partial charge in [0.1, 0.15) is 11.9 Å². The summed E-state index contributed by atoms with van der Waals surface area (Å²) in [5.74, 6) is -0.270. The Morgan fingerprint density at radius 2 is 2.05 bits per heavy atom. The third-order valence-electron chi connectivity index (χ3n) is 2.84. The first kappa shape index (κ1) is 11.4. The van der Waals surface area contributed by atoms with Gasteiger partial charge in [0, 0.05) is 25.0 Å². The zero-order valence-corrected chi connectivity index (χ0v) is 9.92. The Kier molecular flexibility index (Phi) is 2.69. The second-order valence-corrected chi connectivity index (χ2v) is 4.15. The molecule has 19 heavy (non-hydrogen) atoms. The van der Waals surface area contributed by atoms with Crippen molar-refractivity contribution in [3.63, 3.8) is 0 Å². The van der Waals surface area contributed by atoms with Gasteiger partial charge in [0.25, 0.3) is 0 Å². The number of rotatable bonds is 2. The maximum atomic E-state index is 12.9. The van der Waals surface area contributed by atoms with Crippen LogP contribution in [0.2, 0.25) is 0 Å². The van der Waals surface area contributed by atoms with Crippen molar-refractivity contribution in [2.24, 2.45) is 0 Å². The molecule has 0 aliphatic carbocycles. The highest BCUT2D eigenvalue weighted by Gasteiger charge is 2.08. The minimum absolute atomic E-state index is 0.270. The van der Waals surface area contributed by atoms with E-state index in [0.717, 1.165) is 5.56 Å². The number of halogens is 1. The van der Waals surface area contributed by atoms with Gasteiger partial charge in [-0.15, -0.1) is 0 Å². The van der Waals surface area contributed by atoms with E-state index < -0.39 is 0 Å². The average molecular weight is 252 g/mol. The van der Waals surface area contributed by atoms with Gasteiger partial charge in [-0.3, -0.25) is 0 Å². The quantitative estimate of drug-likeness (QED) is 0.703. The van der Waals surface area contributed by atoms with Crippen LogP contribution < -0.4 is 0 Å². The number of hydrogen-bond acceptors (Lipinski definition) is 3. The van der Waals surface area contributed by atoms with E-state index in [9.17, 15) is 4.39 Å². The third-order valence-corrected chi connectivity index (χ3v) is 2.84. The molecule has 92 valence electrons. The number of benzene rings is 1. The molecule has 0 N–H and O–H groups in total. The smallest absolute Gasteiger partial charge is 0.158 e. The van der Waals surface area contributed by atoms with Crippen LogP contribution in [0.4, 0.5) is 4.39 Å². The topological polar surface area (TPSA) is 54.0 Å². The SMILES string of the molecule is N#Cc1cn2ccnc2c(Cc2ccc(F)cc2)n1. The molecular weight excluding hydrogens is 243 g/mol. The lowest BCUT2D eigenvalue weighted by molar-refractivity contribution is 0.627. The maximum absolute atomic E-state index is 12.9. The van der Waals surface area contributed by atoms with Crippen LogP contribution in [0.5, 0.6) is 0 Å². The van der Waals surface area contributed by atoms with Crippen LogP contribution in [0.1, 0.15) is 17.0 Å². The summed E-state index contributed by atoms with van der Waals surface area (Å²) in [6.07, 6.45) is 5.57. The van der Waals surface area contributed by atoms with E-state index in [2.05, 4.69) is 9.97 Å². The van der Waals surface area contributed by atoms with E-state index in [0.29, 0.717) is 23.5 Å². The third kappa shape index (κ3) is 2.16. The van der Waals surface area contributed by atoms with Crippen molar-refractivity contribution < 1.29 is 4.39 Å². The predicted molar refractivity (Wildman–Crippen MR) is 66.9 cm³/mol. The molecule has 0 amide bonds. The van der Waals surface area contributed by atoms with Gasteiger partial charge in [0.05, 0.1) is 5.69 Å². The number of imidazole rings is 1. The maximum Gasteiger partial charge on any atom is 0.158 e. The summed E-state index contributed by atoms with van der Waals surface area (Å²) in [5.41, 5.74) is 2.68. The van der Waals surface area contributed by atoms with Gasteiger partial charge in [-0.05, 0) is 17.7 Å². The molecule has 2 heterocycles. The summed E-state index contributed by atoms with van der Waals surface area (Å²) in [6, 6.07) is 8.25. The molecule has 0 saturated carbocycles. The number of nitriles is 1. The number of nitrogens with zero attached hydrogens (tertiary/aromatic N) is 4. The molecule has 1 aromatic carbocycles. The van der Waals surface area contributed by atoms with Crippen LogP contribution in [-0.4, -0.2) is 14.4 Å². The second-order valence-electron chi connectivity index (χ2n) is 4.15. The highest BCUT2D eigenvalue weighted by Crippen LogP contribution is 2.14. The minimum Gasteiger partial charge on any atom is -0.303 e. The Labute approximate surface area is 108 Å². The Balaban J connectivity index is 2.06. The van der Waals surface area contributed by atoms with E-state index in [1.54, 1.807) is 35.1 Å². The van der Waals surface area contributed by atoms with Gasteiger partial charge in [-0.2, -0.15) is 5.26 Å². The average Bonchev–Trinajstić information content (AvgIpc) is 2.89. The van der Waals surface area contributed by atoms with E-state index >= 15 is 0 Å². The standard InChI is InChI=1S/C14H9FN4/c15-11-3-1-10(2-4-11)7-13-14-17-5-6-19(14)9-12(8-16)18-13/h1-6,9H,7H2. The molecule has 0 atom stereocenters. The molecule has 0 radical (unpaired) electrons. The predicted octanol–water partition coefficient (Wildman–Crippen LogP) is 2.33. The fourth-order valence-electron chi connectivity index (χ4n) is 1.96. The highest BCUT2D eigenvalue weighted by molar-refractivity contribution is 5.47. The number of hydrogen-bond donors (Lipinski definition) is 0. The van der Waals surface area contributed by atoms with E-state index in [-0.39, 0.29) is 5.82 Å². The molecule has 0 bridgehead atoms. The fraction of sp³-hybridized carbons (Fsp3) is 0.0714. The van der Waals surface area contributed by atoms with Gasteiger partial charge >= 0.3 is 0 Å².